The molecule has 0 bridgehead atoms. The van der Waals surface area contributed by atoms with Gasteiger partial charge in [0.05, 0.1) is 0 Å². The minimum absolute atomic E-state index is 0.0323. The molecule has 0 saturated heterocycles. The summed E-state index contributed by atoms with van der Waals surface area (Å²) in [5.41, 5.74) is -2.16. The number of halogens is 5. The van der Waals surface area contributed by atoms with Crippen molar-refractivity contribution in [1.29, 1.82) is 0 Å². The van der Waals surface area contributed by atoms with Crippen LogP contribution in [0.4, 0.5) is 27.6 Å². The van der Waals surface area contributed by atoms with Crippen molar-refractivity contribution in [2.75, 3.05) is 11.4 Å². The summed E-state index contributed by atoms with van der Waals surface area (Å²) in [6.45, 7) is 4.06. The zero-order valence-electron chi connectivity index (χ0n) is 18.5. The Bertz CT molecular complexity index is 1230. The van der Waals surface area contributed by atoms with Crippen LogP contribution in [0.1, 0.15) is 31.1 Å². The number of carbonyl (C=O) groups excluding carboxylic acids is 2. The molecule has 9 heteroatoms. The molecule has 178 valence electrons. The first kappa shape index (κ1) is 24.9. The highest BCUT2D eigenvalue weighted by Gasteiger charge is 2.28. The standard InChI is InChI=1S/C25H20F5NO3/c1-25(2,3)34-20(32)13-31(24(33)21-17(26)8-5-9-18(21)27)15-7-4-6-14(12-15)16-10-11-19(28)23(30)22(16)29/h4-12H,13H2,1-3H3. The van der Waals surface area contributed by atoms with E-state index in [4.69, 9.17) is 4.74 Å². The molecule has 0 unspecified atom stereocenters. The Morgan fingerprint density at radius 1 is 0.824 bits per heavy atom. The summed E-state index contributed by atoms with van der Waals surface area (Å²) in [6.07, 6.45) is 0. The van der Waals surface area contributed by atoms with Crippen LogP contribution in [-0.4, -0.2) is 24.0 Å². The van der Waals surface area contributed by atoms with Gasteiger partial charge in [0, 0.05) is 11.3 Å². The van der Waals surface area contributed by atoms with Crippen LogP contribution >= 0.6 is 0 Å². The molecule has 0 atom stereocenters. The molecular formula is C25H20F5NO3. The van der Waals surface area contributed by atoms with E-state index in [1.165, 1.54) is 24.3 Å². The van der Waals surface area contributed by atoms with Gasteiger partial charge in [-0.15, -0.1) is 0 Å². The van der Waals surface area contributed by atoms with E-state index >= 15 is 0 Å². The lowest BCUT2D eigenvalue weighted by atomic mass is 10.0. The highest BCUT2D eigenvalue weighted by Crippen LogP contribution is 2.30. The SMILES string of the molecule is CC(C)(C)OC(=O)CN(C(=O)c1c(F)cccc1F)c1cccc(-c2ccc(F)c(F)c2F)c1. The minimum atomic E-state index is -1.68. The van der Waals surface area contributed by atoms with Gasteiger partial charge in [0.15, 0.2) is 17.5 Å². The number of carbonyl (C=O) groups is 2. The Morgan fingerprint density at radius 2 is 1.44 bits per heavy atom. The molecule has 0 N–H and O–H groups in total. The topological polar surface area (TPSA) is 46.6 Å². The van der Waals surface area contributed by atoms with Crippen molar-refractivity contribution < 1.29 is 36.3 Å². The second kappa shape index (κ2) is 9.62. The van der Waals surface area contributed by atoms with Gasteiger partial charge in [0.2, 0.25) is 0 Å². The van der Waals surface area contributed by atoms with E-state index in [1.54, 1.807) is 20.8 Å². The normalized spacial score (nSPS) is 11.3. The van der Waals surface area contributed by atoms with E-state index < -0.39 is 58.7 Å². The molecule has 0 heterocycles. The number of benzene rings is 3. The second-order valence-electron chi connectivity index (χ2n) is 8.35. The van der Waals surface area contributed by atoms with Crippen LogP contribution in [0.25, 0.3) is 11.1 Å². The van der Waals surface area contributed by atoms with Crippen molar-refractivity contribution in [1.82, 2.24) is 0 Å². The molecular weight excluding hydrogens is 457 g/mol. The molecule has 1 amide bonds. The molecule has 0 saturated carbocycles. The van der Waals surface area contributed by atoms with Crippen molar-refractivity contribution >= 4 is 17.6 Å². The highest BCUT2D eigenvalue weighted by atomic mass is 19.2. The Balaban J connectivity index is 2.10. The molecule has 3 aromatic carbocycles. The number of esters is 1. The van der Waals surface area contributed by atoms with Gasteiger partial charge in [-0.1, -0.05) is 18.2 Å². The van der Waals surface area contributed by atoms with Crippen LogP contribution < -0.4 is 4.90 Å². The van der Waals surface area contributed by atoms with Gasteiger partial charge >= 0.3 is 5.97 Å². The van der Waals surface area contributed by atoms with Crippen molar-refractivity contribution in [3.63, 3.8) is 0 Å². The van der Waals surface area contributed by atoms with Gasteiger partial charge in [0.25, 0.3) is 5.91 Å². The molecule has 3 aromatic rings. The van der Waals surface area contributed by atoms with Crippen molar-refractivity contribution in [2.24, 2.45) is 0 Å². The molecule has 34 heavy (non-hydrogen) atoms. The summed E-state index contributed by atoms with van der Waals surface area (Å²) in [5.74, 6) is -8.88. The summed E-state index contributed by atoms with van der Waals surface area (Å²) in [5, 5.41) is 0. The molecule has 0 aliphatic carbocycles. The smallest absolute Gasteiger partial charge is 0.326 e. The summed E-state index contributed by atoms with van der Waals surface area (Å²) < 4.78 is 75.3. The van der Waals surface area contributed by atoms with Gasteiger partial charge in [-0.3, -0.25) is 14.5 Å². The van der Waals surface area contributed by atoms with E-state index in [1.807, 2.05) is 0 Å². The summed E-state index contributed by atoms with van der Waals surface area (Å²) in [6, 6.07) is 9.84. The number of hydrogen-bond donors (Lipinski definition) is 0. The predicted molar refractivity (Wildman–Crippen MR) is 116 cm³/mol. The number of nitrogens with zero attached hydrogens (tertiary/aromatic N) is 1. The van der Waals surface area contributed by atoms with E-state index in [-0.39, 0.29) is 16.8 Å². The Labute approximate surface area is 192 Å². The van der Waals surface area contributed by atoms with E-state index in [2.05, 4.69) is 0 Å². The Kier molecular flexibility index (Phi) is 7.04. The van der Waals surface area contributed by atoms with Gasteiger partial charge in [-0.05, 0) is 62.7 Å². The summed E-state index contributed by atoms with van der Waals surface area (Å²) in [4.78, 5) is 26.4. The first-order valence-corrected chi connectivity index (χ1v) is 10.1. The lowest BCUT2D eigenvalue weighted by Crippen LogP contribution is -2.39. The average Bonchev–Trinajstić information content (AvgIpc) is 2.74. The molecule has 0 aromatic heterocycles. The van der Waals surface area contributed by atoms with Crippen LogP contribution in [0, 0.1) is 29.1 Å². The first-order valence-electron chi connectivity index (χ1n) is 10.1. The number of ether oxygens (including phenoxy) is 1. The van der Waals surface area contributed by atoms with E-state index in [0.29, 0.717) is 0 Å². The third-order valence-electron chi connectivity index (χ3n) is 4.63. The second-order valence-corrected chi connectivity index (χ2v) is 8.35. The van der Waals surface area contributed by atoms with E-state index in [9.17, 15) is 31.5 Å². The van der Waals surface area contributed by atoms with Crippen LogP contribution in [0.2, 0.25) is 0 Å². The third kappa shape index (κ3) is 5.41. The molecule has 4 nitrogen and oxygen atoms in total. The van der Waals surface area contributed by atoms with Gasteiger partial charge < -0.3 is 4.74 Å². The van der Waals surface area contributed by atoms with Crippen molar-refractivity contribution in [3.8, 4) is 11.1 Å². The first-order chi connectivity index (χ1) is 15.9. The van der Waals surface area contributed by atoms with Gasteiger partial charge in [-0.2, -0.15) is 0 Å². The van der Waals surface area contributed by atoms with Crippen molar-refractivity contribution in [2.45, 2.75) is 26.4 Å². The summed E-state index contributed by atoms with van der Waals surface area (Å²) in [7, 11) is 0. The van der Waals surface area contributed by atoms with Gasteiger partial charge in [-0.25, -0.2) is 22.0 Å². The molecule has 0 aliphatic rings. The molecule has 0 spiro atoms. The maximum atomic E-state index is 14.3. The largest absolute Gasteiger partial charge is 0.459 e. The molecule has 0 radical (unpaired) electrons. The zero-order chi connectivity index (χ0) is 25.2. The van der Waals surface area contributed by atoms with Crippen LogP contribution in [0.3, 0.4) is 0 Å². The van der Waals surface area contributed by atoms with Crippen LogP contribution in [0.5, 0.6) is 0 Å². The lowest BCUT2D eigenvalue weighted by Gasteiger charge is -2.26. The molecule has 0 fully saturated rings. The number of anilines is 1. The molecule has 0 aliphatic heterocycles. The number of rotatable bonds is 5. The van der Waals surface area contributed by atoms with Crippen LogP contribution in [-0.2, 0) is 9.53 Å². The fourth-order valence-electron chi connectivity index (χ4n) is 3.21. The fourth-order valence-corrected chi connectivity index (χ4v) is 3.21. The minimum Gasteiger partial charge on any atom is -0.459 e. The van der Waals surface area contributed by atoms with Crippen LogP contribution in [0.15, 0.2) is 54.6 Å². The van der Waals surface area contributed by atoms with Gasteiger partial charge in [0.1, 0.15) is 29.3 Å². The maximum Gasteiger partial charge on any atom is 0.326 e. The quantitative estimate of drug-likeness (QED) is 0.256. The number of amides is 1. The van der Waals surface area contributed by atoms with E-state index in [0.717, 1.165) is 35.2 Å². The average molecular weight is 477 g/mol. The Morgan fingerprint density at radius 3 is 2.06 bits per heavy atom. The monoisotopic (exact) mass is 477 g/mol. The Hall–Kier alpha value is -3.75. The van der Waals surface area contributed by atoms with Crippen molar-refractivity contribution in [3.05, 3.63) is 89.2 Å². The third-order valence-corrected chi connectivity index (χ3v) is 4.63. The fraction of sp³-hybridized carbons (Fsp3) is 0.200. The molecule has 3 rings (SSSR count). The zero-order valence-corrected chi connectivity index (χ0v) is 18.5. The predicted octanol–water partition coefficient (Wildman–Crippen LogP) is 6.04. The maximum absolute atomic E-state index is 14.3. The summed E-state index contributed by atoms with van der Waals surface area (Å²) >= 11 is 0. The number of hydrogen-bond acceptors (Lipinski definition) is 3. The highest BCUT2D eigenvalue weighted by molar-refractivity contribution is 6.09. The lowest BCUT2D eigenvalue weighted by molar-refractivity contribution is -0.152.